The first-order valence-corrected chi connectivity index (χ1v) is 13.6. The molecule has 0 radical (unpaired) electrons. The lowest BCUT2D eigenvalue weighted by atomic mass is 9.98. The molecule has 2 N–H and O–H groups in total. The molecule has 2 heterocycles. The van der Waals surface area contributed by atoms with Crippen LogP contribution >= 0.6 is 0 Å². The van der Waals surface area contributed by atoms with Gasteiger partial charge in [-0.05, 0) is 60.2 Å². The highest BCUT2D eigenvalue weighted by molar-refractivity contribution is 7.89. The average molecular weight is 500 g/mol. The number of aromatic nitrogens is 1. The van der Waals surface area contributed by atoms with Crippen LogP contribution in [0, 0.1) is 6.92 Å². The largest absolute Gasteiger partial charge is 0.361 e. The van der Waals surface area contributed by atoms with Crippen LogP contribution in [0.15, 0.2) is 96.0 Å². The Balaban J connectivity index is 1.42. The summed E-state index contributed by atoms with van der Waals surface area (Å²) in [5.41, 5.74) is 5.04. The number of sulfonamides is 1. The molecule has 5 rings (SSSR count). The molecule has 0 saturated heterocycles. The molecule has 7 heteroatoms. The number of carbonyl (C=O) groups excluding carboxylic acids is 1. The summed E-state index contributed by atoms with van der Waals surface area (Å²) in [6.45, 7) is 2.83. The summed E-state index contributed by atoms with van der Waals surface area (Å²) in [4.78, 5) is 18.9. The van der Waals surface area contributed by atoms with Gasteiger partial charge in [0.15, 0.2) is 0 Å². The van der Waals surface area contributed by atoms with Crippen LogP contribution in [0.5, 0.6) is 0 Å². The molecule has 0 aliphatic carbocycles. The molecule has 0 unspecified atom stereocenters. The van der Waals surface area contributed by atoms with Crippen molar-refractivity contribution in [2.24, 2.45) is 0 Å². The molecule has 1 aliphatic heterocycles. The average Bonchev–Trinajstić information content (AvgIpc) is 3.31. The number of H-pyrrole nitrogens is 1. The molecule has 0 bridgehead atoms. The third kappa shape index (κ3) is 5.12. The Bertz CT molecular complexity index is 1520. The summed E-state index contributed by atoms with van der Waals surface area (Å²) in [5.74, 6) is -0.222. The lowest BCUT2D eigenvalue weighted by Gasteiger charge is -2.30. The number of nitrogens with one attached hydrogen (secondary N) is 2. The van der Waals surface area contributed by atoms with Gasteiger partial charge in [0.25, 0.3) is 0 Å². The predicted molar refractivity (Wildman–Crippen MR) is 143 cm³/mol. The Morgan fingerprint density at radius 2 is 1.81 bits per heavy atom. The van der Waals surface area contributed by atoms with Crippen molar-refractivity contribution < 1.29 is 13.2 Å². The van der Waals surface area contributed by atoms with Crippen molar-refractivity contribution in [1.29, 1.82) is 0 Å². The Labute approximate surface area is 211 Å². The van der Waals surface area contributed by atoms with Crippen LogP contribution in [0.1, 0.15) is 23.1 Å². The van der Waals surface area contributed by atoms with E-state index in [9.17, 15) is 13.2 Å². The zero-order chi connectivity index (χ0) is 25.1. The van der Waals surface area contributed by atoms with Crippen molar-refractivity contribution in [2.45, 2.75) is 30.7 Å². The van der Waals surface area contributed by atoms with Gasteiger partial charge < -0.3 is 9.88 Å². The fourth-order valence-corrected chi connectivity index (χ4v) is 6.04. The van der Waals surface area contributed by atoms with Crippen LogP contribution in [0.2, 0.25) is 0 Å². The summed E-state index contributed by atoms with van der Waals surface area (Å²) >= 11 is 0. The monoisotopic (exact) mass is 499 g/mol. The number of aromatic amines is 1. The first-order valence-electron chi connectivity index (χ1n) is 12.1. The molecular weight excluding hydrogens is 470 g/mol. The molecule has 1 amide bonds. The zero-order valence-electron chi connectivity index (χ0n) is 20.1. The topological polar surface area (TPSA) is 82.3 Å². The van der Waals surface area contributed by atoms with Gasteiger partial charge in [-0.2, -0.15) is 4.72 Å². The van der Waals surface area contributed by atoms with Gasteiger partial charge in [0, 0.05) is 30.2 Å². The number of nitrogens with zero attached hydrogens (tertiary/aromatic N) is 1. The molecule has 1 aliphatic rings. The van der Waals surface area contributed by atoms with Crippen molar-refractivity contribution in [1.82, 2.24) is 14.6 Å². The van der Waals surface area contributed by atoms with Crippen molar-refractivity contribution in [3.63, 3.8) is 0 Å². The maximum absolute atomic E-state index is 13.7. The maximum atomic E-state index is 13.7. The molecule has 3 aromatic carbocycles. The first kappa shape index (κ1) is 24.0. The maximum Gasteiger partial charge on any atom is 0.241 e. The molecule has 1 aromatic heterocycles. The summed E-state index contributed by atoms with van der Waals surface area (Å²) in [7, 11) is -3.90. The van der Waals surface area contributed by atoms with Crippen LogP contribution in [-0.2, 0) is 21.2 Å². The Kier molecular flexibility index (Phi) is 6.76. The first-order chi connectivity index (χ1) is 17.4. The number of hydrogen-bond acceptors (Lipinski definition) is 3. The number of para-hydroxylation sites is 1. The molecule has 4 aromatic rings. The third-order valence-electron chi connectivity index (χ3n) is 6.66. The summed E-state index contributed by atoms with van der Waals surface area (Å²) < 4.78 is 29.3. The summed E-state index contributed by atoms with van der Waals surface area (Å²) in [5, 5.41) is 0.981. The van der Waals surface area contributed by atoms with E-state index in [4.69, 9.17) is 0 Å². The SMILES string of the molecule is Cc1cccc(S(=O)(=O)N[C@H](Cc2c[nH]c3ccccc23)C(=O)N2CC=C(c3ccccc3)CC2)c1. The molecule has 0 saturated carbocycles. The predicted octanol–water partition coefficient (Wildman–Crippen LogP) is 4.68. The van der Waals surface area contributed by atoms with Gasteiger partial charge in [-0.3, -0.25) is 4.79 Å². The van der Waals surface area contributed by atoms with E-state index in [1.807, 2.05) is 61.7 Å². The highest BCUT2D eigenvalue weighted by Crippen LogP contribution is 2.24. The molecule has 6 nitrogen and oxygen atoms in total. The highest BCUT2D eigenvalue weighted by Gasteiger charge is 2.31. The smallest absolute Gasteiger partial charge is 0.241 e. The number of carbonyl (C=O) groups is 1. The van der Waals surface area contributed by atoms with Gasteiger partial charge >= 0.3 is 0 Å². The minimum absolute atomic E-state index is 0.157. The van der Waals surface area contributed by atoms with E-state index in [0.717, 1.165) is 34.0 Å². The molecule has 0 fully saturated rings. The van der Waals surface area contributed by atoms with Crippen molar-refractivity contribution >= 4 is 32.4 Å². The van der Waals surface area contributed by atoms with E-state index in [2.05, 4.69) is 27.9 Å². The normalized spacial score (nSPS) is 15.0. The van der Waals surface area contributed by atoms with E-state index in [1.165, 1.54) is 5.57 Å². The minimum atomic E-state index is -3.90. The third-order valence-corrected chi connectivity index (χ3v) is 8.13. The number of hydrogen-bond donors (Lipinski definition) is 2. The highest BCUT2D eigenvalue weighted by atomic mass is 32.2. The van der Waals surface area contributed by atoms with Gasteiger partial charge in [-0.1, -0.05) is 66.7 Å². The second-order valence-electron chi connectivity index (χ2n) is 9.18. The quantitative estimate of drug-likeness (QED) is 0.387. The van der Waals surface area contributed by atoms with E-state index in [1.54, 1.807) is 23.1 Å². The molecule has 1 atom stereocenters. The lowest BCUT2D eigenvalue weighted by molar-refractivity contribution is -0.132. The Hall–Kier alpha value is -3.68. The number of amides is 1. The second kappa shape index (κ2) is 10.1. The fourth-order valence-electron chi connectivity index (χ4n) is 4.74. The van der Waals surface area contributed by atoms with Crippen molar-refractivity contribution in [3.8, 4) is 0 Å². The number of rotatable bonds is 7. The Morgan fingerprint density at radius 3 is 2.56 bits per heavy atom. The molecular formula is C29H29N3O3S. The summed E-state index contributed by atoms with van der Waals surface area (Å²) in [6, 6.07) is 23.8. The molecule has 0 spiro atoms. The van der Waals surface area contributed by atoms with Crippen LogP contribution in [0.25, 0.3) is 16.5 Å². The van der Waals surface area contributed by atoms with Gasteiger partial charge in [0.2, 0.25) is 15.9 Å². The van der Waals surface area contributed by atoms with Crippen molar-refractivity contribution in [2.75, 3.05) is 13.1 Å². The number of fused-ring (bicyclic) bond motifs is 1. The van der Waals surface area contributed by atoms with Gasteiger partial charge in [-0.15, -0.1) is 0 Å². The molecule has 36 heavy (non-hydrogen) atoms. The van der Waals surface area contributed by atoms with Gasteiger partial charge in [-0.25, -0.2) is 8.42 Å². The second-order valence-corrected chi connectivity index (χ2v) is 10.9. The van der Waals surface area contributed by atoms with E-state index in [-0.39, 0.29) is 17.2 Å². The van der Waals surface area contributed by atoms with Crippen LogP contribution in [0.4, 0.5) is 0 Å². The standard InChI is InChI=1S/C29H29N3O3S/c1-21-8-7-11-25(18-21)36(34,35)31-28(19-24-20-30-27-13-6-5-12-26(24)27)29(33)32-16-14-23(15-17-32)22-9-3-2-4-10-22/h2-14,18,20,28,30-31H,15-17,19H2,1H3/t28-/m1/s1. The van der Waals surface area contributed by atoms with E-state index >= 15 is 0 Å². The van der Waals surface area contributed by atoms with Crippen molar-refractivity contribution in [3.05, 3.63) is 108 Å². The summed E-state index contributed by atoms with van der Waals surface area (Å²) in [6.07, 6.45) is 4.89. The van der Waals surface area contributed by atoms with Crippen LogP contribution < -0.4 is 4.72 Å². The number of benzene rings is 3. The zero-order valence-corrected chi connectivity index (χ0v) is 21.0. The van der Waals surface area contributed by atoms with Gasteiger partial charge in [0.1, 0.15) is 6.04 Å². The fraction of sp³-hybridized carbons (Fsp3) is 0.207. The van der Waals surface area contributed by atoms with E-state index in [0.29, 0.717) is 13.1 Å². The minimum Gasteiger partial charge on any atom is -0.361 e. The molecule has 184 valence electrons. The van der Waals surface area contributed by atoms with Crippen LogP contribution in [0.3, 0.4) is 0 Å². The van der Waals surface area contributed by atoms with E-state index < -0.39 is 16.1 Å². The van der Waals surface area contributed by atoms with Gasteiger partial charge in [0.05, 0.1) is 4.90 Å². The lowest BCUT2D eigenvalue weighted by Crippen LogP contribution is -2.50. The van der Waals surface area contributed by atoms with Crippen LogP contribution in [-0.4, -0.2) is 43.3 Å². The Morgan fingerprint density at radius 1 is 1.03 bits per heavy atom. The number of aryl methyl sites for hydroxylation is 1.